The van der Waals surface area contributed by atoms with Crippen LogP contribution in [0.3, 0.4) is 0 Å². The van der Waals surface area contributed by atoms with Crippen molar-refractivity contribution in [2.45, 2.75) is 19.6 Å². The van der Waals surface area contributed by atoms with E-state index in [9.17, 15) is 8.42 Å². The van der Waals surface area contributed by atoms with Crippen molar-refractivity contribution in [1.29, 1.82) is 0 Å². The predicted octanol–water partition coefficient (Wildman–Crippen LogP) is 2.68. The second kappa shape index (κ2) is 3.94. The SMILES string of the molecule is CCS(=O)(=O)Cc1cc2cc(C)ccc2o1. The van der Waals surface area contributed by atoms with Gasteiger partial charge in [0, 0.05) is 11.1 Å². The van der Waals surface area contributed by atoms with Gasteiger partial charge in [0.25, 0.3) is 0 Å². The van der Waals surface area contributed by atoms with Crippen LogP contribution in [0.25, 0.3) is 11.0 Å². The van der Waals surface area contributed by atoms with Gasteiger partial charge in [-0.2, -0.15) is 0 Å². The Morgan fingerprint density at radius 3 is 2.69 bits per heavy atom. The lowest BCUT2D eigenvalue weighted by atomic mass is 10.2. The summed E-state index contributed by atoms with van der Waals surface area (Å²) in [5.41, 5.74) is 1.88. The molecule has 0 fully saturated rings. The Kier molecular flexibility index (Phi) is 2.76. The summed E-state index contributed by atoms with van der Waals surface area (Å²) in [5.74, 6) is 0.641. The molecule has 0 bridgehead atoms. The van der Waals surface area contributed by atoms with Crippen LogP contribution >= 0.6 is 0 Å². The molecule has 2 rings (SSSR count). The summed E-state index contributed by atoms with van der Waals surface area (Å²) in [6.07, 6.45) is 0. The van der Waals surface area contributed by atoms with E-state index in [4.69, 9.17) is 4.42 Å². The highest BCUT2D eigenvalue weighted by Gasteiger charge is 2.12. The molecular weight excluding hydrogens is 224 g/mol. The van der Waals surface area contributed by atoms with E-state index in [0.717, 1.165) is 16.5 Å². The summed E-state index contributed by atoms with van der Waals surface area (Å²) in [6.45, 7) is 3.64. The maximum atomic E-state index is 11.5. The van der Waals surface area contributed by atoms with E-state index in [1.165, 1.54) is 0 Å². The van der Waals surface area contributed by atoms with Gasteiger partial charge in [-0.15, -0.1) is 0 Å². The molecule has 0 saturated heterocycles. The molecule has 0 unspecified atom stereocenters. The van der Waals surface area contributed by atoms with Gasteiger partial charge in [0.2, 0.25) is 0 Å². The molecular formula is C12H14O3S. The van der Waals surface area contributed by atoms with Crippen LogP contribution in [0.2, 0.25) is 0 Å². The molecule has 0 aliphatic carbocycles. The smallest absolute Gasteiger partial charge is 0.157 e. The monoisotopic (exact) mass is 238 g/mol. The predicted molar refractivity (Wildman–Crippen MR) is 64.1 cm³/mol. The molecule has 0 amide bonds. The number of sulfone groups is 1. The maximum absolute atomic E-state index is 11.5. The average Bonchev–Trinajstić information content (AvgIpc) is 2.58. The molecule has 86 valence electrons. The fraction of sp³-hybridized carbons (Fsp3) is 0.333. The Balaban J connectivity index is 2.40. The molecule has 0 atom stereocenters. The first-order chi connectivity index (χ1) is 7.50. The molecule has 0 spiro atoms. The van der Waals surface area contributed by atoms with Crippen molar-refractivity contribution in [3.63, 3.8) is 0 Å². The molecule has 1 aromatic carbocycles. The van der Waals surface area contributed by atoms with Crippen LogP contribution in [0.4, 0.5) is 0 Å². The number of aryl methyl sites for hydroxylation is 1. The molecule has 1 aromatic heterocycles. The summed E-state index contributed by atoms with van der Waals surface area (Å²) < 4.78 is 28.4. The van der Waals surface area contributed by atoms with Crippen molar-refractivity contribution in [2.75, 3.05) is 5.75 Å². The highest BCUT2D eigenvalue weighted by molar-refractivity contribution is 7.90. The summed E-state index contributed by atoms with van der Waals surface area (Å²) in [4.78, 5) is 0. The summed E-state index contributed by atoms with van der Waals surface area (Å²) >= 11 is 0. The molecule has 0 aliphatic heterocycles. The molecule has 0 saturated carbocycles. The fourth-order valence-electron chi connectivity index (χ4n) is 1.61. The zero-order chi connectivity index (χ0) is 11.8. The van der Waals surface area contributed by atoms with Crippen LogP contribution in [0.1, 0.15) is 18.2 Å². The van der Waals surface area contributed by atoms with Crippen LogP contribution < -0.4 is 0 Å². The normalized spacial score (nSPS) is 12.1. The highest BCUT2D eigenvalue weighted by Crippen LogP contribution is 2.22. The van der Waals surface area contributed by atoms with Crippen molar-refractivity contribution >= 4 is 20.8 Å². The molecule has 16 heavy (non-hydrogen) atoms. The van der Waals surface area contributed by atoms with Gasteiger partial charge < -0.3 is 4.42 Å². The minimum absolute atomic E-state index is 0.0166. The van der Waals surface area contributed by atoms with Crippen molar-refractivity contribution < 1.29 is 12.8 Å². The topological polar surface area (TPSA) is 47.3 Å². The molecule has 0 N–H and O–H groups in total. The molecule has 0 radical (unpaired) electrons. The summed E-state index contributed by atoms with van der Waals surface area (Å²) in [7, 11) is -3.02. The van der Waals surface area contributed by atoms with Gasteiger partial charge in [-0.05, 0) is 25.1 Å². The van der Waals surface area contributed by atoms with Gasteiger partial charge >= 0.3 is 0 Å². The first-order valence-corrected chi connectivity index (χ1v) is 7.02. The molecule has 1 heterocycles. The number of hydrogen-bond acceptors (Lipinski definition) is 3. The first kappa shape index (κ1) is 11.2. The van der Waals surface area contributed by atoms with E-state index >= 15 is 0 Å². The van der Waals surface area contributed by atoms with Crippen LogP contribution in [0, 0.1) is 6.92 Å². The standard InChI is InChI=1S/C12H14O3S/c1-3-16(13,14)8-11-7-10-6-9(2)4-5-12(10)15-11/h4-7H,3,8H2,1-2H3. The first-order valence-electron chi connectivity index (χ1n) is 5.19. The maximum Gasteiger partial charge on any atom is 0.157 e. The minimum atomic E-state index is -3.02. The van der Waals surface area contributed by atoms with Crippen molar-refractivity contribution in [2.24, 2.45) is 0 Å². The van der Waals surface area contributed by atoms with Crippen molar-refractivity contribution in [1.82, 2.24) is 0 Å². The number of fused-ring (bicyclic) bond motifs is 1. The van der Waals surface area contributed by atoms with Crippen LogP contribution in [0.15, 0.2) is 28.7 Å². The number of hydrogen-bond donors (Lipinski definition) is 0. The van der Waals surface area contributed by atoms with Crippen molar-refractivity contribution in [3.8, 4) is 0 Å². The van der Waals surface area contributed by atoms with Gasteiger partial charge in [-0.25, -0.2) is 8.42 Å². The minimum Gasteiger partial charge on any atom is -0.460 e. The highest BCUT2D eigenvalue weighted by atomic mass is 32.2. The van der Waals surface area contributed by atoms with E-state index in [2.05, 4.69) is 0 Å². The largest absolute Gasteiger partial charge is 0.460 e. The molecule has 3 nitrogen and oxygen atoms in total. The van der Waals surface area contributed by atoms with Crippen LogP contribution in [0.5, 0.6) is 0 Å². The number of benzene rings is 1. The van der Waals surface area contributed by atoms with Gasteiger partial charge in [0.1, 0.15) is 17.1 Å². The third-order valence-corrected chi connectivity index (χ3v) is 4.13. The number of rotatable bonds is 3. The molecule has 2 aromatic rings. The molecule has 0 aliphatic rings. The van der Waals surface area contributed by atoms with E-state index in [0.29, 0.717) is 5.76 Å². The second-order valence-electron chi connectivity index (χ2n) is 3.93. The Morgan fingerprint density at radius 2 is 2.00 bits per heavy atom. The second-order valence-corrected chi connectivity index (χ2v) is 6.28. The van der Waals surface area contributed by atoms with E-state index in [-0.39, 0.29) is 11.5 Å². The summed E-state index contributed by atoms with van der Waals surface area (Å²) in [6, 6.07) is 7.60. The lowest BCUT2D eigenvalue weighted by molar-refractivity contribution is 0.555. The van der Waals surface area contributed by atoms with Crippen LogP contribution in [-0.4, -0.2) is 14.2 Å². The number of furan rings is 1. The van der Waals surface area contributed by atoms with E-state index < -0.39 is 9.84 Å². The summed E-state index contributed by atoms with van der Waals surface area (Å²) in [5, 5.41) is 0.960. The van der Waals surface area contributed by atoms with Gasteiger partial charge in [-0.1, -0.05) is 18.6 Å². The lowest BCUT2D eigenvalue weighted by Crippen LogP contribution is -2.05. The Morgan fingerprint density at radius 1 is 1.25 bits per heavy atom. The Hall–Kier alpha value is -1.29. The van der Waals surface area contributed by atoms with Gasteiger partial charge in [-0.3, -0.25) is 0 Å². The Bertz CT molecular complexity index is 608. The zero-order valence-electron chi connectivity index (χ0n) is 9.36. The van der Waals surface area contributed by atoms with Crippen LogP contribution in [-0.2, 0) is 15.6 Å². The fourth-order valence-corrected chi connectivity index (χ4v) is 2.39. The zero-order valence-corrected chi connectivity index (χ0v) is 10.2. The van der Waals surface area contributed by atoms with E-state index in [1.54, 1.807) is 13.0 Å². The lowest BCUT2D eigenvalue weighted by Gasteiger charge is -1.95. The quantitative estimate of drug-likeness (QED) is 0.826. The molecule has 4 heteroatoms. The average molecular weight is 238 g/mol. The third kappa shape index (κ3) is 2.27. The van der Waals surface area contributed by atoms with Gasteiger partial charge in [0.15, 0.2) is 9.84 Å². The van der Waals surface area contributed by atoms with Crippen molar-refractivity contribution in [3.05, 3.63) is 35.6 Å². The third-order valence-electron chi connectivity index (χ3n) is 2.52. The Labute approximate surface area is 95.0 Å². The van der Waals surface area contributed by atoms with E-state index in [1.807, 2.05) is 25.1 Å². The van der Waals surface area contributed by atoms with Gasteiger partial charge in [0.05, 0.1) is 0 Å².